The van der Waals surface area contributed by atoms with Gasteiger partial charge in [-0.05, 0) is 25.5 Å². The predicted molar refractivity (Wildman–Crippen MR) is 112 cm³/mol. The van der Waals surface area contributed by atoms with Crippen molar-refractivity contribution in [3.8, 4) is 0 Å². The zero-order chi connectivity index (χ0) is 21.3. The summed E-state index contributed by atoms with van der Waals surface area (Å²) in [6.45, 7) is 6.83. The normalized spacial score (nSPS) is 17.1. The van der Waals surface area contributed by atoms with E-state index in [1.807, 2.05) is 6.92 Å². The zero-order valence-electron chi connectivity index (χ0n) is 17.7. The van der Waals surface area contributed by atoms with Crippen molar-refractivity contribution in [2.75, 3.05) is 33.4 Å². The maximum absolute atomic E-state index is 13.0. The number of morpholine rings is 1. The highest BCUT2D eigenvalue weighted by molar-refractivity contribution is 6.05. The van der Waals surface area contributed by atoms with Gasteiger partial charge >= 0.3 is 0 Å². The predicted octanol–water partition coefficient (Wildman–Crippen LogP) is 4.37. The monoisotopic (exact) mass is 404 g/mol. The molecule has 0 aromatic heterocycles. The fourth-order valence-corrected chi connectivity index (χ4v) is 3.56. The Morgan fingerprint density at radius 2 is 1.90 bits per heavy atom. The van der Waals surface area contributed by atoms with Crippen molar-refractivity contribution in [2.45, 2.75) is 51.6 Å². The number of ether oxygens (including phenoxy) is 2. The van der Waals surface area contributed by atoms with Crippen LogP contribution in [0.4, 0.5) is 5.69 Å². The molecular weight excluding hydrogens is 372 g/mol. The second kappa shape index (κ2) is 11.1. The molecule has 0 bridgehead atoms. The Bertz CT molecular complexity index is 710. The molecule has 1 aromatic carbocycles. The maximum Gasteiger partial charge on any atom is 0.269 e. The number of rotatable bonds is 11. The first-order valence-electron chi connectivity index (χ1n) is 10.3. The van der Waals surface area contributed by atoms with Crippen LogP contribution in [0.25, 0.3) is 0 Å². The van der Waals surface area contributed by atoms with Crippen molar-refractivity contribution in [2.24, 2.45) is 0 Å². The third kappa shape index (κ3) is 6.37. The number of hydrogen-bond acceptors (Lipinski definition) is 6. The van der Waals surface area contributed by atoms with Crippen molar-refractivity contribution in [3.05, 3.63) is 51.7 Å². The molecule has 2 rings (SSSR count). The van der Waals surface area contributed by atoms with E-state index in [4.69, 9.17) is 9.47 Å². The number of methoxy groups -OCH3 is 1. The molecule has 1 heterocycles. The molecule has 160 valence electrons. The smallest absolute Gasteiger partial charge is 0.269 e. The van der Waals surface area contributed by atoms with Crippen LogP contribution >= 0.6 is 0 Å². The molecule has 1 aromatic rings. The third-order valence-corrected chi connectivity index (χ3v) is 5.48. The van der Waals surface area contributed by atoms with Crippen molar-refractivity contribution in [3.63, 3.8) is 0 Å². The topological polar surface area (TPSA) is 81.9 Å². The van der Waals surface area contributed by atoms with E-state index in [2.05, 4.69) is 11.8 Å². The molecule has 0 spiro atoms. The summed E-state index contributed by atoms with van der Waals surface area (Å²) in [4.78, 5) is 25.5. The minimum atomic E-state index is -0.582. The van der Waals surface area contributed by atoms with Crippen LogP contribution in [-0.2, 0) is 9.47 Å². The third-order valence-electron chi connectivity index (χ3n) is 5.48. The van der Waals surface area contributed by atoms with Crippen molar-refractivity contribution in [1.82, 2.24) is 4.90 Å². The molecule has 1 aliphatic heterocycles. The van der Waals surface area contributed by atoms with Gasteiger partial charge in [-0.2, -0.15) is 0 Å². The molecule has 1 fully saturated rings. The molecule has 0 radical (unpaired) electrons. The van der Waals surface area contributed by atoms with E-state index in [1.165, 1.54) is 30.7 Å². The fraction of sp³-hybridized carbons (Fsp3) is 0.591. The minimum absolute atomic E-state index is 0.0309. The van der Waals surface area contributed by atoms with Gasteiger partial charge in [0.25, 0.3) is 5.69 Å². The van der Waals surface area contributed by atoms with Gasteiger partial charge in [-0.3, -0.25) is 14.9 Å². The van der Waals surface area contributed by atoms with Crippen LogP contribution in [0, 0.1) is 10.1 Å². The van der Waals surface area contributed by atoms with Crippen LogP contribution in [-0.4, -0.2) is 54.6 Å². The highest BCUT2D eigenvalue weighted by atomic mass is 16.6. The first kappa shape index (κ1) is 23.0. The average Bonchev–Trinajstić information content (AvgIpc) is 2.75. The highest BCUT2D eigenvalue weighted by Crippen LogP contribution is 2.31. The Morgan fingerprint density at radius 3 is 2.45 bits per heavy atom. The number of nitro groups is 1. The largest absolute Gasteiger partial charge is 0.378 e. The number of benzene rings is 1. The van der Waals surface area contributed by atoms with E-state index in [1.54, 1.807) is 13.2 Å². The fourth-order valence-electron chi connectivity index (χ4n) is 3.56. The summed E-state index contributed by atoms with van der Waals surface area (Å²) in [5.41, 5.74) is 0.659. The van der Waals surface area contributed by atoms with Gasteiger partial charge in [0.2, 0.25) is 0 Å². The van der Waals surface area contributed by atoms with Crippen LogP contribution in [0.5, 0.6) is 0 Å². The summed E-state index contributed by atoms with van der Waals surface area (Å²) < 4.78 is 11.4. The van der Waals surface area contributed by atoms with Gasteiger partial charge < -0.3 is 14.4 Å². The van der Waals surface area contributed by atoms with Gasteiger partial charge in [-0.25, -0.2) is 0 Å². The number of non-ortho nitro benzene ring substituents is 1. The highest BCUT2D eigenvalue weighted by Gasteiger charge is 2.33. The molecule has 0 N–H and O–H groups in total. The molecule has 7 heteroatoms. The van der Waals surface area contributed by atoms with Gasteiger partial charge in [-0.1, -0.05) is 32.6 Å². The standard InChI is InChI=1S/C22H32N2O5/c1-4-5-6-7-12-22(2,28-3)21(23-13-15-29-16-14-23)17-20(25)18-8-10-19(11-9-18)24(26)27/h8-11,17H,4-7,12-16H2,1-3H3. The molecule has 1 aliphatic rings. The van der Waals surface area contributed by atoms with E-state index in [0.29, 0.717) is 31.9 Å². The van der Waals surface area contributed by atoms with Crippen molar-refractivity contribution < 1.29 is 19.2 Å². The quantitative estimate of drug-likeness (QED) is 0.179. The van der Waals surface area contributed by atoms with Gasteiger partial charge in [0, 0.05) is 49.7 Å². The van der Waals surface area contributed by atoms with E-state index < -0.39 is 10.5 Å². The Hall–Kier alpha value is -2.25. The van der Waals surface area contributed by atoms with Crippen molar-refractivity contribution in [1.29, 1.82) is 0 Å². The number of carbonyl (C=O) groups is 1. The van der Waals surface area contributed by atoms with E-state index >= 15 is 0 Å². The molecule has 29 heavy (non-hydrogen) atoms. The second-order valence-corrected chi connectivity index (χ2v) is 7.54. The van der Waals surface area contributed by atoms with Crippen LogP contribution in [0.2, 0.25) is 0 Å². The molecule has 1 atom stereocenters. The van der Waals surface area contributed by atoms with E-state index in [-0.39, 0.29) is 11.5 Å². The number of allylic oxidation sites excluding steroid dienone is 1. The summed E-state index contributed by atoms with van der Waals surface area (Å²) in [6.07, 6.45) is 6.94. The molecule has 1 saturated heterocycles. The van der Waals surface area contributed by atoms with Gasteiger partial charge in [0.15, 0.2) is 5.78 Å². The number of ketones is 1. The average molecular weight is 405 g/mol. The summed E-state index contributed by atoms with van der Waals surface area (Å²) in [5.74, 6) is -0.182. The Labute approximate surface area is 172 Å². The molecule has 7 nitrogen and oxygen atoms in total. The van der Waals surface area contributed by atoms with E-state index in [9.17, 15) is 14.9 Å². The lowest BCUT2D eigenvalue weighted by Crippen LogP contribution is -2.45. The molecule has 0 amide bonds. The summed E-state index contributed by atoms with van der Waals surface area (Å²) >= 11 is 0. The summed E-state index contributed by atoms with van der Waals surface area (Å²) in [5, 5.41) is 10.9. The first-order valence-corrected chi connectivity index (χ1v) is 10.3. The van der Waals surface area contributed by atoms with Crippen LogP contribution in [0.3, 0.4) is 0 Å². The number of carbonyl (C=O) groups excluding carboxylic acids is 1. The number of unbranched alkanes of at least 4 members (excludes halogenated alkanes) is 3. The number of nitro benzene ring substituents is 1. The zero-order valence-corrected chi connectivity index (χ0v) is 17.7. The van der Waals surface area contributed by atoms with Crippen LogP contribution < -0.4 is 0 Å². The molecular formula is C22H32N2O5. The summed E-state index contributed by atoms with van der Waals surface area (Å²) in [6, 6.07) is 5.71. The van der Waals surface area contributed by atoms with Gasteiger partial charge in [0.05, 0.1) is 18.1 Å². The van der Waals surface area contributed by atoms with Gasteiger partial charge in [0.1, 0.15) is 5.60 Å². The van der Waals surface area contributed by atoms with Crippen LogP contribution in [0.1, 0.15) is 56.3 Å². The minimum Gasteiger partial charge on any atom is -0.378 e. The van der Waals surface area contributed by atoms with E-state index in [0.717, 1.165) is 31.4 Å². The first-order chi connectivity index (χ1) is 13.9. The number of nitrogens with zero attached hydrogens (tertiary/aromatic N) is 2. The number of hydrogen-bond donors (Lipinski definition) is 0. The Balaban J connectivity index is 2.29. The SMILES string of the molecule is CCCCCCC(C)(OC)C(=CC(=O)c1ccc([N+](=O)[O-])cc1)N1CCOCC1. The maximum atomic E-state index is 13.0. The second-order valence-electron chi connectivity index (χ2n) is 7.54. The van der Waals surface area contributed by atoms with Crippen LogP contribution in [0.15, 0.2) is 36.0 Å². The lowest BCUT2D eigenvalue weighted by molar-refractivity contribution is -0.384. The lowest BCUT2D eigenvalue weighted by Gasteiger charge is -2.40. The van der Waals surface area contributed by atoms with Gasteiger partial charge in [-0.15, -0.1) is 0 Å². The molecule has 0 aliphatic carbocycles. The summed E-state index contributed by atoms with van der Waals surface area (Å²) in [7, 11) is 1.68. The van der Waals surface area contributed by atoms with Crippen molar-refractivity contribution >= 4 is 11.5 Å². The molecule has 1 unspecified atom stereocenters. The Kier molecular flexibility index (Phi) is 8.79. The molecule has 0 saturated carbocycles. The Morgan fingerprint density at radius 1 is 1.24 bits per heavy atom. The lowest BCUT2D eigenvalue weighted by atomic mass is 9.91.